The van der Waals surface area contributed by atoms with Crippen LogP contribution in [0.25, 0.3) is 0 Å². The average Bonchev–Trinajstić information content (AvgIpc) is 2.37. The van der Waals surface area contributed by atoms with E-state index in [-0.39, 0.29) is 5.69 Å². The Kier molecular flexibility index (Phi) is 4.55. The molecular formula is C13H9Br2NO3. The molecule has 6 heteroatoms. The van der Waals surface area contributed by atoms with Crippen molar-refractivity contribution in [2.75, 3.05) is 0 Å². The van der Waals surface area contributed by atoms with Crippen LogP contribution in [0, 0.1) is 10.1 Å². The van der Waals surface area contributed by atoms with Crippen LogP contribution in [0.1, 0.15) is 5.56 Å². The van der Waals surface area contributed by atoms with Crippen LogP contribution >= 0.6 is 31.9 Å². The Labute approximate surface area is 126 Å². The zero-order valence-corrected chi connectivity index (χ0v) is 12.8. The lowest BCUT2D eigenvalue weighted by molar-refractivity contribution is -0.384. The van der Waals surface area contributed by atoms with Crippen LogP contribution in [0.15, 0.2) is 51.4 Å². The second kappa shape index (κ2) is 6.16. The summed E-state index contributed by atoms with van der Waals surface area (Å²) < 4.78 is 7.23. The molecule has 0 aliphatic heterocycles. The van der Waals surface area contributed by atoms with Gasteiger partial charge in [0.05, 0.1) is 4.92 Å². The fourth-order valence-electron chi connectivity index (χ4n) is 1.48. The van der Waals surface area contributed by atoms with Crippen molar-refractivity contribution < 1.29 is 9.66 Å². The average molecular weight is 387 g/mol. The predicted octanol–water partition coefficient (Wildman–Crippen LogP) is 4.70. The highest BCUT2D eigenvalue weighted by molar-refractivity contribution is 9.10. The first-order valence-corrected chi connectivity index (χ1v) is 6.96. The largest absolute Gasteiger partial charge is 0.489 e. The molecule has 2 aromatic rings. The summed E-state index contributed by atoms with van der Waals surface area (Å²) in [5.74, 6) is 0.736. The van der Waals surface area contributed by atoms with Gasteiger partial charge in [-0.05, 0) is 24.3 Å². The van der Waals surface area contributed by atoms with Gasteiger partial charge in [0.2, 0.25) is 0 Å². The summed E-state index contributed by atoms with van der Waals surface area (Å²) in [6.07, 6.45) is 0. The molecule has 0 atom stereocenters. The minimum atomic E-state index is -0.427. The normalized spacial score (nSPS) is 10.2. The lowest BCUT2D eigenvalue weighted by atomic mass is 10.2. The first kappa shape index (κ1) is 14.0. The Balaban J connectivity index is 2.10. The van der Waals surface area contributed by atoms with E-state index in [2.05, 4.69) is 31.9 Å². The molecule has 98 valence electrons. The highest BCUT2D eigenvalue weighted by Gasteiger charge is 2.09. The smallest absolute Gasteiger partial charge is 0.270 e. The van der Waals surface area contributed by atoms with E-state index in [0.717, 1.165) is 15.8 Å². The van der Waals surface area contributed by atoms with E-state index >= 15 is 0 Å². The summed E-state index contributed by atoms with van der Waals surface area (Å²) in [7, 11) is 0. The van der Waals surface area contributed by atoms with Gasteiger partial charge in [-0.3, -0.25) is 10.1 Å². The van der Waals surface area contributed by atoms with Crippen LogP contribution in [0.5, 0.6) is 5.75 Å². The highest BCUT2D eigenvalue weighted by atomic mass is 79.9. The Hall–Kier alpha value is -1.40. The van der Waals surface area contributed by atoms with E-state index in [4.69, 9.17) is 4.74 Å². The van der Waals surface area contributed by atoms with Gasteiger partial charge in [0.25, 0.3) is 5.69 Å². The number of non-ortho nitro benzene ring substituents is 1. The van der Waals surface area contributed by atoms with Gasteiger partial charge in [-0.2, -0.15) is 0 Å². The summed E-state index contributed by atoms with van der Waals surface area (Å²) in [6.45, 7) is 0.342. The standard InChI is InChI=1S/C13H9Br2NO3/c14-10-2-1-3-12(6-10)19-8-9-4-5-11(16(17)18)7-13(9)15/h1-7H,8H2. The van der Waals surface area contributed by atoms with Gasteiger partial charge in [-0.1, -0.05) is 37.9 Å². The molecule has 0 spiro atoms. The van der Waals surface area contributed by atoms with Crippen molar-refractivity contribution in [2.45, 2.75) is 6.61 Å². The maximum atomic E-state index is 10.6. The molecule has 0 bridgehead atoms. The number of nitrogens with zero attached hydrogens (tertiary/aromatic N) is 1. The Morgan fingerprint density at radius 1 is 1.16 bits per heavy atom. The lowest BCUT2D eigenvalue weighted by Gasteiger charge is -2.08. The second-order valence-electron chi connectivity index (χ2n) is 3.78. The molecule has 0 saturated heterocycles. The molecule has 0 amide bonds. The molecule has 19 heavy (non-hydrogen) atoms. The molecule has 0 aliphatic rings. The molecule has 4 nitrogen and oxygen atoms in total. The number of ether oxygens (including phenoxy) is 1. The van der Waals surface area contributed by atoms with Crippen LogP contribution in [0.4, 0.5) is 5.69 Å². The van der Waals surface area contributed by atoms with Gasteiger partial charge in [0.15, 0.2) is 0 Å². The van der Waals surface area contributed by atoms with Gasteiger partial charge in [-0.25, -0.2) is 0 Å². The third kappa shape index (κ3) is 3.78. The summed E-state index contributed by atoms with van der Waals surface area (Å²) in [4.78, 5) is 10.2. The van der Waals surface area contributed by atoms with Gasteiger partial charge >= 0.3 is 0 Å². The molecule has 0 aliphatic carbocycles. The van der Waals surface area contributed by atoms with E-state index in [1.165, 1.54) is 12.1 Å². The maximum Gasteiger partial charge on any atom is 0.270 e. The summed E-state index contributed by atoms with van der Waals surface area (Å²) >= 11 is 6.67. The van der Waals surface area contributed by atoms with Crippen molar-refractivity contribution in [3.8, 4) is 5.75 Å². The van der Waals surface area contributed by atoms with E-state index in [1.54, 1.807) is 6.07 Å². The maximum absolute atomic E-state index is 10.6. The predicted molar refractivity (Wildman–Crippen MR) is 79.3 cm³/mol. The minimum absolute atomic E-state index is 0.0538. The fourth-order valence-corrected chi connectivity index (χ4v) is 2.34. The zero-order valence-electron chi connectivity index (χ0n) is 9.68. The van der Waals surface area contributed by atoms with Gasteiger partial charge in [-0.15, -0.1) is 0 Å². The van der Waals surface area contributed by atoms with Crippen molar-refractivity contribution in [3.05, 3.63) is 67.1 Å². The van der Waals surface area contributed by atoms with Crippen LogP contribution < -0.4 is 4.74 Å². The van der Waals surface area contributed by atoms with E-state index in [0.29, 0.717) is 11.1 Å². The number of rotatable bonds is 4. The van der Waals surface area contributed by atoms with E-state index in [9.17, 15) is 10.1 Å². The molecule has 0 heterocycles. The van der Waals surface area contributed by atoms with Crippen molar-refractivity contribution in [3.63, 3.8) is 0 Å². The SMILES string of the molecule is O=[N+]([O-])c1ccc(COc2cccc(Br)c2)c(Br)c1. The minimum Gasteiger partial charge on any atom is -0.489 e. The topological polar surface area (TPSA) is 52.4 Å². The Bertz CT molecular complexity index is 617. The Morgan fingerprint density at radius 2 is 1.95 bits per heavy atom. The molecule has 2 rings (SSSR count). The first-order chi connectivity index (χ1) is 9.06. The second-order valence-corrected chi connectivity index (χ2v) is 5.55. The quantitative estimate of drug-likeness (QED) is 0.565. The third-order valence-electron chi connectivity index (χ3n) is 2.44. The van der Waals surface area contributed by atoms with Crippen molar-refractivity contribution in [1.82, 2.24) is 0 Å². The van der Waals surface area contributed by atoms with Crippen molar-refractivity contribution >= 4 is 37.5 Å². The van der Waals surface area contributed by atoms with Gasteiger partial charge in [0.1, 0.15) is 12.4 Å². The monoisotopic (exact) mass is 385 g/mol. The molecule has 0 saturated carbocycles. The molecule has 2 aromatic carbocycles. The molecule has 0 N–H and O–H groups in total. The number of halogens is 2. The molecule has 0 radical (unpaired) electrons. The summed E-state index contributed by atoms with van der Waals surface area (Å²) in [5, 5.41) is 10.6. The zero-order chi connectivity index (χ0) is 13.8. The molecule has 0 unspecified atom stereocenters. The van der Waals surface area contributed by atoms with Crippen molar-refractivity contribution in [1.29, 1.82) is 0 Å². The van der Waals surface area contributed by atoms with Crippen LogP contribution in [0.2, 0.25) is 0 Å². The lowest BCUT2D eigenvalue weighted by Crippen LogP contribution is -1.97. The number of nitro benzene ring substituents is 1. The number of nitro groups is 1. The molecule has 0 fully saturated rings. The number of hydrogen-bond donors (Lipinski definition) is 0. The van der Waals surface area contributed by atoms with E-state index < -0.39 is 4.92 Å². The Morgan fingerprint density at radius 3 is 2.58 bits per heavy atom. The van der Waals surface area contributed by atoms with Gasteiger partial charge < -0.3 is 4.74 Å². The number of benzene rings is 2. The summed E-state index contributed by atoms with van der Waals surface area (Å²) in [6, 6.07) is 12.1. The molecule has 0 aromatic heterocycles. The number of hydrogen-bond acceptors (Lipinski definition) is 3. The molecular weight excluding hydrogens is 378 g/mol. The van der Waals surface area contributed by atoms with Crippen LogP contribution in [0.3, 0.4) is 0 Å². The van der Waals surface area contributed by atoms with Crippen LogP contribution in [-0.2, 0) is 6.61 Å². The fraction of sp³-hybridized carbons (Fsp3) is 0.0769. The van der Waals surface area contributed by atoms with E-state index in [1.807, 2.05) is 24.3 Å². The van der Waals surface area contributed by atoms with Crippen LogP contribution in [-0.4, -0.2) is 4.92 Å². The van der Waals surface area contributed by atoms with Crippen molar-refractivity contribution in [2.24, 2.45) is 0 Å². The first-order valence-electron chi connectivity index (χ1n) is 5.37. The third-order valence-corrected chi connectivity index (χ3v) is 3.67. The van der Waals surface area contributed by atoms with Gasteiger partial charge in [0, 0.05) is 26.6 Å². The summed E-state index contributed by atoms with van der Waals surface area (Å²) in [5.41, 5.74) is 0.906. The highest BCUT2D eigenvalue weighted by Crippen LogP contribution is 2.25.